The van der Waals surface area contributed by atoms with Crippen LogP contribution in [-0.4, -0.2) is 39.9 Å². The first-order valence-corrected chi connectivity index (χ1v) is 9.35. The van der Waals surface area contributed by atoms with E-state index in [0.717, 1.165) is 0 Å². The number of hydrogen-bond donors (Lipinski definition) is 2. The molecule has 2 aromatic rings. The van der Waals surface area contributed by atoms with Gasteiger partial charge in [-0.2, -0.15) is 0 Å². The number of nitro benzene ring substituents is 1. The van der Waals surface area contributed by atoms with Crippen LogP contribution in [0.1, 0.15) is 24.1 Å². The number of nitrogens with zero attached hydrogens (tertiary/aromatic N) is 2. The maximum atomic E-state index is 13.2. The molecule has 2 aromatic carbocycles. The maximum Gasteiger partial charge on any atom is 0.308 e. The Morgan fingerprint density at radius 2 is 1.90 bits per heavy atom. The van der Waals surface area contributed by atoms with Crippen molar-refractivity contribution in [3.8, 4) is 0 Å². The van der Waals surface area contributed by atoms with E-state index in [1.54, 1.807) is 37.3 Å². The summed E-state index contributed by atoms with van der Waals surface area (Å²) in [6.45, 7) is 4.27. The molecule has 1 amide bonds. The Morgan fingerprint density at radius 3 is 2.48 bits per heavy atom. The van der Waals surface area contributed by atoms with Crippen LogP contribution in [-0.2, 0) is 9.59 Å². The molecule has 1 fully saturated rings. The van der Waals surface area contributed by atoms with Crippen LogP contribution >= 0.6 is 0 Å². The topological polar surface area (TPSA) is 113 Å². The predicted octanol–water partition coefficient (Wildman–Crippen LogP) is 3.24. The number of carbonyl (C=O) groups excluding carboxylic acids is 1. The summed E-state index contributed by atoms with van der Waals surface area (Å²) in [5, 5.41) is 23.5. The van der Waals surface area contributed by atoms with E-state index in [-0.39, 0.29) is 23.8 Å². The molecule has 152 valence electrons. The molecule has 1 unspecified atom stereocenters. The molecular weight excluding hydrogens is 374 g/mol. The molecule has 0 aliphatic carbocycles. The number of carboxylic acids is 1. The van der Waals surface area contributed by atoms with E-state index in [1.807, 2.05) is 17.9 Å². The Kier molecular flexibility index (Phi) is 5.93. The van der Waals surface area contributed by atoms with Crippen LogP contribution < -0.4 is 5.32 Å². The first-order chi connectivity index (χ1) is 13.8. The quantitative estimate of drug-likeness (QED) is 0.572. The summed E-state index contributed by atoms with van der Waals surface area (Å²) in [6, 6.07) is 12.9. The van der Waals surface area contributed by atoms with E-state index in [0.29, 0.717) is 17.7 Å². The van der Waals surface area contributed by atoms with Gasteiger partial charge in [-0.05, 0) is 30.0 Å². The molecule has 1 saturated heterocycles. The van der Waals surface area contributed by atoms with Gasteiger partial charge in [-0.3, -0.25) is 24.6 Å². The van der Waals surface area contributed by atoms with Gasteiger partial charge in [-0.15, -0.1) is 0 Å². The number of anilines is 1. The molecule has 0 spiro atoms. The Morgan fingerprint density at radius 1 is 1.21 bits per heavy atom. The Balaban J connectivity index is 1.93. The summed E-state index contributed by atoms with van der Waals surface area (Å²) in [7, 11) is 0. The summed E-state index contributed by atoms with van der Waals surface area (Å²) in [4.78, 5) is 37.4. The number of likely N-dealkylation sites (tertiary alicyclic amines) is 1. The first-order valence-electron chi connectivity index (χ1n) is 9.35. The van der Waals surface area contributed by atoms with Crippen LogP contribution in [0.3, 0.4) is 0 Å². The van der Waals surface area contributed by atoms with Crippen LogP contribution in [0.15, 0.2) is 48.5 Å². The average molecular weight is 397 g/mol. The van der Waals surface area contributed by atoms with E-state index < -0.39 is 28.8 Å². The highest BCUT2D eigenvalue weighted by Gasteiger charge is 2.40. The van der Waals surface area contributed by atoms with Crippen molar-refractivity contribution in [3.05, 3.63) is 69.8 Å². The van der Waals surface area contributed by atoms with Crippen LogP contribution in [0.25, 0.3) is 0 Å². The summed E-state index contributed by atoms with van der Waals surface area (Å²) in [5.41, 5.74) is 1.36. The molecule has 8 heteroatoms. The van der Waals surface area contributed by atoms with E-state index >= 15 is 0 Å². The fraction of sp³-hybridized carbons (Fsp3) is 0.333. The van der Waals surface area contributed by atoms with Gasteiger partial charge in [0.2, 0.25) is 5.91 Å². The molecule has 0 aromatic heterocycles. The van der Waals surface area contributed by atoms with Crippen molar-refractivity contribution < 1.29 is 19.6 Å². The molecule has 1 aliphatic rings. The largest absolute Gasteiger partial charge is 0.481 e. The highest BCUT2D eigenvalue weighted by molar-refractivity contribution is 5.97. The normalized spacial score (nSPS) is 20.2. The molecule has 2 N–H and O–H groups in total. The molecule has 0 radical (unpaired) electrons. The lowest BCUT2D eigenvalue weighted by Crippen LogP contribution is -2.36. The number of amides is 1. The summed E-state index contributed by atoms with van der Waals surface area (Å²) < 4.78 is 0. The molecule has 1 aliphatic heterocycles. The molecule has 1 heterocycles. The number of aryl methyl sites for hydroxylation is 1. The number of carbonyl (C=O) groups is 2. The lowest BCUT2D eigenvalue weighted by molar-refractivity contribution is -0.384. The minimum atomic E-state index is -0.888. The smallest absolute Gasteiger partial charge is 0.308 e. The van der Waals surface area contributed by atoms with Crippen molar-refractivity contribution in [1.29, 1.82) is 0 Å². The monoisotopic (exact) mass is 397 g/mol. The molecular formula is C21H23N3O5. The minimum absolute atomic E-state index is 0.111. The number of nitro groups is 1. The second-order valence-corrected chi connectivity index (χ2v) is 7.46. The van der Waals surface area contributed by atoms with E-state index in [9.17, 15) is 24.8 Å². The van der Waals surface area contributed by atoms with Gasteiger partial charge in [-0.1, -0.05) is 43.3 Å². The van der Waals surface area contributed by atoms with Crippen molar-refractivity contribution >= 4 is 23.3 Å². The fourth-order valence-electron chi connectivity index (χ4n) is 3.80. The Labute approximate surface area is 168 Å². The van der Waals surface area contributed by atoms with Gasteiger partial charge in [0.25, 0.3) is 5.69 Å². The zero-order chi connectivity index (χ0) is 21.1. The third kappa shape index (κ3) is 4.43. The van der Waals surface area contributed by atoms with Crippen LogP contribution in [0.2, 0.25) is 0 Å². The summed E-state index contributed by atoms with van der Waals surface area (Å²) >= 11 is 0. The number of benzene rings is 2. The van der Waals surface area contributed by atoms with Crippen molar-refractivity contribution in [1.82, 2.24) is 4.90 Å². The highest BCUT2D eigenvalue weighted by atomic mass is 16.6. The lowest BCUT2D eigenvalue weighted by atomic mass is 9.99. The van der Waals surface area contributed by atoms with Crippen LogP contribution in [0.5, 0.6) is 0 Å². The van der Waals surface area contributed by atoms with Gasteiger partial charge in [0, 0.05) is 19.2 Å². The standard InChI is InChI=1S/C21H23N3O5/c1-13-8-9-17(18(10-13)24(28)29)22-20(25)19(15-6-4-3-5-7-15)23-11-14(2)16(12-23)21(26)27/h3-10,14,16,19H,11-12H2,1-2H3,(H,22,25)(H,26,27)/t14-,16-,19?/m1/s1. The lowest BCUT2D eigenvalue weighted by Gasteiger charge is -2.27. The average Bonchev–Trinajstić information content (AvgIpc) is 3.05. The number of rotatable bonds is 6. The number of nitrogens with one attached hydrogen (secondary N) is 1. The van der Waals surface area contributed by atoms with E-state index in [4.69, 9.17) is 0 Å². The molecule has 0 saturated carbocycles. The number of carboxylic acid groups (broad SMARTS) is 1. The van der Waals surface area contributed by atoms with Crippen LogP contribution in [0, 0.1) is 28.9 Å². The van der Waals surface area contributed by atoms with Gasteiger partial charge in [0.05, 0.1) is 10.8 Å². The third-order valence-corrected chi connectivity index (χ3v) is 5.29. The zero-order valence-electron chi connectivity index (χ0n) is 16.2. The second kappa shape index (κ2) is 8.40. The van der Waals surface area contributed by atoms with Gasteiger partial charge < -0.3 is 10.4 Å². The summed E-state index contributed by atoms with van der Waals surface area (Å²) in [6.07, 6.45) is 0. The highest BCUT2D eigenvalue weighted by Crippen LogP contribution is 2.33. The molecule has 8 nitrogen and oxygen atoms in total. The van der Waals surface area contributed by atoms with Gasteiger partial charge in [0.15, 0.2) is 0 Å². The maximum absolute atomic E-state index is 13.2. The van der Waals surface area contributed by atoms with Gasteiger partial charge >= 0.3 is 5.97 Å². The Hall–Kier alpha value is -3.26. The second-order valence-electron chi connectivity index (χ2n) is 7.46. The van der Waals surface area contributed by atoms with Crippen LogP contribution in [0.4, 0.5) is 11.4 Å². The third-order valence-electron chi connectivity index (χ3n) is 5.29. The van der Waals surface area contributed by atoms with Crippen molar-refractivity contribution in [2.45, 2.75) is 19.9 Å². The van der Waals surface area contributed by atoms with Gasteiger partial charge in [0.1, 0.15) is 11.7 Å². The minimum Gasteiger partial charge on any atom is -0.481 e. The molecule has 3 rings (SSSR count). The zero-order valence-corrected chi connectivity index (χ0v) is 16.2. The van der Waals surface area contributed by atoms with Crippen molar-refractivity contribution in [3.63, 3.8) is 0 Å². The Bertz CT molecular complexity index is 931. The summed E-state index contributed by atoms with van der Waals surface area (Å²) in [5.74, 6) is -1.99. The first kappa shape index (κ1) is 20.5. The van der Waals surface area contributed by atoms with Crippen molar-refractivity contribution in [2.75, 3.05) is 18.4 Å². The fourth-order valence-corrected chi connectivity index (χ4v) is 3.80. The SMILES string of the molecule is Cc1ccc(NC(=O)C(c2ccccc2)N2C[C@@H](C)[C@H](C(=O)O)C2)c([N+](=O)[O-])c1. The molecule has 29 heavy (non-hydrogen) atoms. The molecule has 0 bridgehead atoms. The van der Waals surface area contributed by atoms with E-state index in [1.165, 1.54) is 12.1 Å². The number of hydrogen-bond acceptors (Lipinski definition) is 5. The predicted molar refractivity (Wildman–Crippen MR) is 108 cm³/mol. The van der Waals surface area contributed by atoms with Gasteiger partial charge in [-0.25, -0.2) is 0 Å². The number of aliphatic carboxylic acids is 1. The van der Waals surface area contributed by atoms with Crippen molar-refractivity contribution in [2.24, 2.45) is 11.8 Å². The van der Waals surface area contributed by atoms with E-state index in [2.05, 4.69) is 5.32 Å². The molecule has 3 atom stereocenters.